The van der Waals surface area contributed by atoms with Gasteiger partial charge in [-0.05, 0) is 86.5 Å². The zero-order valence-corrected chi connectivity index (χ0v) is 13.6. The van der Waals surface area contributed by atoms with Gasteiger partial charge in [-0.3, -0.25) is 0 Å². The van der Waals surface area contributed by atoms with E-state index in [1.165, 1.54) is 32.2 Å². The van der Waals surface area contributed by atoms with Crippen LogP contribution >= 0.6 is 0 Å². The molecule has 114 valence electrons. The van der Waals surface area contributed by atoms with Crippen LogP contribution in [-0.4, -0.2) is 12.6 Å². The molecule has 0 amide bonds. The third kappa shape index (κ3) is 2.34. The van der Waals surface area contributed by atoms with Crippen molar-refractivity contribution in [3.63, 3.8) is 0 Å². The van der Waals surface area contributed by atoms with E-state index in [-0.39, 0.29) is 0 Å². The van der Waals surface area contributed by atoms with E-state index < -0.39 is 0 Å². The molecule has 0 aromatic heterocycles. The van der Waals surface area contributed by atoms with E-state index in [1.54, 1.807) is 38.5 Å². The molecule has 20 heavy (non-hydrogen) atoms. The van der Waals surface area contributed by atoms with Crippen molar-refractivity contribution >= 4 is 0 Å². The summed E-state index contributed by atoms with van der Waals surface area (Å²) in [6, 6.07) is 0.847. The third-order valence-electron chi connectivity index (χ3n) is 7.04. The molecule has 5 rings (SSSR count). The zero-order valence-electron chi connectivity index (χ0n) is 13.6. The minimum Gasteiger partial charge on any atom is -0.313 e. The van der Waals surface area contributed by atoms with E-state index in [0.29, 0.717) is 10.8 Å². The fourth-order valence-electron chi connectivity index (χ4n) is 6.76. The zero-order chi connectivity index (χ0) is 13.8. The minimum atomic E-state index is 0.691. The van der Waals surface area contributed by atoms with Gasteiger partial charge in [-0.25, -0.2) is 0 Å². The van der Waals surface area contributed by atoms with E-state index in [9.17, 15) is 0 Å². The van der Waals surface area contributed by atoms with Gasteiger partial charge in [-0.2, -0.15) is 0 Å². The van der Waals surface area contributed by atoms with E-state index in [1.807, 2.05) is 0 Å². The minimum absolute atomic E-state index is 0.691. The average molecular weight is 275 g/mol. The second-order valence-corrected chi connectivity index (χ2v) is 9.32. The van der Waals surface area contributed by atoms with E-state index >= 15 is 0 Å². The first kappa shape index (κ1) is 13.6. The van der Waals surface area contributed by atoms with Crippen molar-refractivity contribution in [1.82, 2.24) is 5.32 Å². The van der Waals surface area contributed by atoms with Crippen LogP contribution in [0.3, 0.4) is 0 Å². The van der Waals surface area contributed by atoms with Crippen molar-refractivity contribution in [2.45, 2.75) is 84.1 Å². The molecule has 0 aromatic carbocycles. The first-order chi connectivity index (χ1) is 9.61. The summed E-state index contributed by atoms with van der Waals surface area (Å²) in [6.07, 6.45) is 15.2. The van der Waals surface area contributed by atoms with Gasteiger partial charge in [0, 0.05) is 6.04 Å². The van der Waals surface area contributed by atoms with Crippen LogP contribution in [-0.2, 0) is 0 Å². The van der Waals surface area contributed by atoms with Gasteiger partial charge < -0.3 is 5.32 Å². The summed E-state index contributed by atoms with van der Waals surface area (Å²) in [5.74, 6) is 3.22. The summed E-state index contributed by atoms with van der Waals surface area (Å²) in [5, 5.41) is 4.01. The maximum absolute atomic E-state index is 4.01. The van der Waals surface area contributed by atoms with Gasteiger partial charge in [-0.15, -0.1) is 0 Å². The summed E-state index contributed by atoms with van der Waals surface area (Å²) in [7, 11) is 0. The molecule has 1 heteroatoms. The van der Waals surface area contributed by atoms with Crippen molar-refractivity contribution in [2.75, 3.05) is 6.54 Å². The maximum Gasteiger partial charge on any atom is 0.0126 e. The molecule has 0 saturated heterocycles. The molecule has 5 aliphatic rings. The third-order valence-corrected chi connectivity index (χ3v) is 7.04. The van der Waals surface area contributed by atoms with Crippen LogP contribution in [0.5, 0.6) is 0 Å². The Hall–Kier alpha value is -0.0400. The molecule has 3 unspecified atom stereocenters. The molecular formula is C19H33N. The lowest BCUT2D eigenvalue weighted by Crippen LogP contribution is -2.58. The lowest BCUT2D eigenvalue weighted by molar-refractivity contribution is -0.119. The highest BCUT2D eigenvalue weighted by Gasteiger charge is 2.58. The molecule has 5 fully saturated rings. The number of hydrogen-bond acceptors (Lipinski definition) is 1. The number of rotatable bonds is 6. The molecule has 3 atom stereocenters. The highest BCUT2D eigenvalue weighted by molar-refractivity contribution is 5.10. The van der Waals surface area contributed by atoms with Gasteiger partial charge in [0.15, 0.2) is 0 Å². The first-order valence-corrected chi connectivity index (χ1v) is 9.34. The molecule has 0 heterocycles. The molecule has 0 radical (unpaired) electrons. The van der Waals surface area contributed by atoms with Gasteiger partial charge in [0.1, 0.15) is 0 Å². The van der Waals surface area contributed by atoms with Gasteiger partial charge in [-0.1, -0.05) is 26.7 Å². The molecule has 5 saturated carbocycles. The summed E-state index contributed by atoms with van der Waals surface area (Å²) in [5.41, 5.74) is 1.40. The summed E-state index contributed by atoms with van der Waals surface area (Å²) >= 11 is 0. The van der Waals surface area contributed by atoms with Crippen LogP contribution in [0, 0.1) is 28.6 Å². The van der Waals surface area contributed by atoms with Crippen LogP contribution in [0.25, 0.3) is 0 Å². The Kier molecular flexibility index (Phi) is 3.22. The molecule has 5 aliphatic carbocycles. The summed E-state index contributed by atoms with van der Waals surface area (Å²) in [6.45, 7) is 6.18. The Labute approximate surface area is 125 Å². The standard InChI is InChI=1S/C19H33N/c1-3-6-20-17(8-14-4-5-14)19-11-15-7-16(12-19)10-18(2,9-15)13-19/h14-17,20H,3-13H2,1-2H3. The monoisotopic (exact) mass is 275 g/mol. The van der Waals surface area contributed by atoms with E-state index in [0.717, 1.165) is 23.8 Å². The van der Waals surface area contributed by atoms with Gasteiger partial charge in [0.05, 0.1) is 0 Å². The molecule has 0 spiro atoms. The van der Waals surface area contributed by atoms with E-state index in [4.69, 9.17) is 0 Å². The first-order valence-electron chi connectivity index (χ1n) is 9.34. The van der Waals surface area contributed by atoms with Gasteiger partial charge >= 0.3 is 0 Å². The van der Waals surface area contributed by atoms with Crippen molar-refractivity contribution in [3.05, 3.63) is 0 Å². The fraction of sp³-hybridized carbons (Fsp3) is 1.00. The number of nitrogens with one attached hydrogen (secondary N) is 1. The van der Waals surface area contributed by atoms with E-state index in [2.05, 4.69) is 19.2 Å². The molecule has 0 aromatic rings. The molecule has 1 nitrogen and oxygen atoms in total. The molecule has 1 N–H and O–H groups in total. The van der Waals surface area contributed by atoms with Crippen LogP contribution in [0.2, 0.25) is 0 Å². The molecular weight excluding hydrogens is 242 g/mol. The van der Waals surface area contributed by atoms with Crippen LogP contribution in [0.4, 0.5) is 0 Å². The Morgan fingerprint density at radius 2 is 1.80 bits per heavy atom. The van der Waals surface area contributed by atoms with Crippen LogP contribution in [0.1, 0.15) is 78.1 Å². The predicted octanol–water partition coefficient (Wildman–Crippen LogP) is 4.76. The SMILES string of the molecule is CCCNC(CC1CC1)C12CC3CC(CC(C)(C3)C1)C2. The topological polar surface area (TPSA) is 12.0 Å². The van der Waals surface area contributed by atoms with Crippen molar-refractivity contribution in [3.8, 4) is 0 Å². The normalized spacial score (nSPS) is 47.7. The lowest BCUT2D eigenvalue weighted by atomic mass is 9.43. The second kappa shape index (κ2) is 4.73. The lowest BCUT2D eigenvalue weighted by Gasteiger charge is -2.63. The largest absolute Gasteiger partial charge is 0.313 e. The van der Waals surface area contributed by atoms with Crippen LogP contribution < -0.4 is 5.32 Å². The molecule has 0 aliphatic heterocycles. The fourth-order valence-corrected chi connectivity index (χ4v) is 6.76. The highest BCUT2D eigenvalue weighted by Crippen LogP contribution is 2.66. The highest BCUT2D eigenvalue weighted by atomic mass is 14.9. The Bertz CT molecular complexity index is 356. The Morgan fingerprint density at radius 1 is 1.10 bits per heavy atom. The smallest absolute Gasteiger partial charge is 0.0126 e. The van der Waals surface area contributed by atoms with Crippen molar-refractivity contribution < 1.29 is 0 Å². The summed E-state index contributed by atoms with van der Waals surface area (Å²) < 4.78 is 0. The molecule has 4 bridgehead atoms. The summed E-state index contributed by atoms with van der Waals surface area (Å²) in [4.78, 5) is 0. The quantitative estimate of drug-likeness (QED) is 0.737. The Balaban J connectivity index is 1.56. The second-order valence-electron chi connectivity index (χ2n) is 9.32. The average Bonchev–Trinajstić information content (AvgIpc) is 3.15. The van der Waals surface area contributed by atoms with Crippen molar-refractivity contribution in [2.24, 2.45) is 28.6 Å². The maximum atomic E-state index is 4.01. The van der Waals surface area contributed by atoms with Gasteiger partial charge in [0.2, 0.25) is 0 Å². The predicted molar refractivity (Wildman–Crippen MR) is 84.6 cm³/mol. The number of hydrogen-bond donors (Lipinski definition) is 1. The van der Waals surface area contributed by atoms with Gasteiger partial charge in [0.25, 0.3) is 0 Å². The van der Waals surface area contributed by atoms with Crippen LogP contribution in [0.15, 0.2) is 0 Å². The Morgan fingerprint density at radius 3 is 2.35 bits per heavy atom. The van der Waals surface area contributed by atoms with Crippen molar-refractivity contribution in [1.29, 1.82) is 0 Å².